The molecular weight excluding hydrogens is 213 g/mol. The van der Waals surface area contributed by atoms with Crippen LogP contribution in [0.3, 0.4) is 0 Å². The average molecular weight is 235 g/mol. The fourth-order valence-corrected chi connectivity index (χ4v) is 2.81. The highest BCUT2D eigenvalue weighted by Gasteiger charge is 2.21. The molecule has 0 heterocycles. The first-order chi connectivity index (χ1) is 8.16. The molecule has 0 amide bonds. The standard InChI is InChI=1S/C15H22FN/c1-11-7-8-14(16)10-13(11)9-12-5-3-2-4-6-15(12)17/h7-8,10,12,15H,2-6,9,17H2,1H3. The van der Waals surface area contributed by atoms with Crippen LogP contribution in [0.4, 0.5) is 4.39 Å². The van der Waals surface area contributed by atoms with Crippen LogP contribution in [0.15, 0.2) is 18.2 Å². The van der Waals surface area contributed by atoms with Crippen LogP contribution in [0.5, 0.6) is 0 Å². The molecule has 0 aromatic heterocycles. The molecule has 1 fully saturated rings. The Kier molecular flexibility index (Phi) is 4.16. The predicted octanol–water partition coefficient (Wildman–Crippen LogP) is 3.58. The molecule has 2 N–H and O–H groups in total. The Morgan fingerprint density at radius 2 is 2.00 bits per heavy atom. The maximum atomic E-state index is 13.2. The minimum Gasteiger partial charge on any atom is -0.327 e. The third-order valence-corrected chi connectivity index (χ3v) is 4.01. The lowest BCUT2D eigenvalue weighted by Gasteiger charge is -2.22. The summed E-state index contributed by atoms with van der Waals surface area (Å²) in [6.07, 6.45) is 7.07. The monoisotopic (exact) mass is 235 g/mol. The predicted molar refractivity (Wildman–Crippen MR) is 69.4 cm³/mol. The second-order valence-electron chi connectivity index (χ2n) is 5.34. The summed E-state index contributed by atoms with van der Waals surface area (Å²) in [6, 6.07) is 5.37. The van der Waals surface area contributed by atoms with E-state index in [0.29, 0.717) is 12.0 Å². The quantitative estimate of drug-likeness (QED) is 0.779. The molecule has 0 radical (unpaired) electrons. The number of rotatable bonds is 2. The highest BCUT2D eigenvalue weighted by molar-refractivity contribution is 5.27. The summed E-state index contributed by atoms with van der Waals surface area (Å²) in [6.45, 7) is 2.05. The fraction of sp³-hybridized carbons (Fsp3) is 0.600. The zero-order valence-electron chi connectivity index (χ0n) is 10.6. The van der Waals surface area contributed by atoms with E-state index in [0.717, 1.165) is 18.4 Å². The van der Waals surface area contributed by atoms with E-state index < -0.39 is 0 Å². The van der Waals surface area contributed by atoms with Gasteiger partial charge in [-0.2, -0.15) is 0 Å². The van der Waals surface area contributed by atoms with Crippen molar-refractivity contribution in [2.24, 2.45) is 11.7 Å². The average Bonchev–Trinajstić information content (AvgIpc) is 2.50. The largest absolute Gasteiger partial charge is 0.327 e. The Hall–Kier alpha value is -0.890. The number of halogens is 1. The van der Waals surface area contributed by atoms with Crippen LogP contribution in [0.1, 0.15) is 43.2 Å². The van der Waals surface area contributed by atoms with Gasteiger partial charge in [0.25, 0.3) is 0 Å². The molecule has 0 aliphatic heterocycles. The molecule has 17 heavy (non-hydrogen) atoms. The van der Waals surface area contributed by atoms with E-state index in [2.05, 4.69) is 6.92 Å². The van der Waals surface area contributed by atoms with Gasteiger partial charge < -0.3 is 5.73 Å². The van der Waals surface area contributed by atoms with E-state index in [-0.39, 0.29) is 5.82 Å². The van der Waals surface area contributed by atoms with Crippen LogP contribution in [0.25, 0.3) is 0 Å². The lowest BCUT2D eigenvalue weighted by molar-refractivity contribution is 0.394. The van der Waals surface area contributed by atoms with Crippen LogP contribution in [0.2, 0.25) is 0 Å². The molecule has 2 unspecified atom stereocenters. The van der Waals surface area contributed by atoms with E-state index in [9.17, 15) is 4.39 Å². The van der Waals surface area contributed by atoms with Crippen LogP contribution in [-0.4, -0.2) is 6.04 Å². The van der Waals surface area contributed by atoms with E-state index in [1.807, 2.05) is 6.07 Å². The number of benzene rings is 1. The summed E-state index contributed by atoms with van der Waals surface area (Å²) in [5.74, 6) is 0.394. The molecule has 1 aromatic rings. The summed E-state index contributed by atoms with van der Waals surface area (Å²) >= 11 is 0. The number of hydrogen-bond donors (Lipinski definition) is 1. The molecule has 2 rings (SSSR count). The van der Waals surface area contributed by atoms with Gasteiger partial charge in [-0.1, -0.05) is 25.3 Å². The minimum absolute atomic E-state index is 0.132. The molecule has 1 aromatic carbocycles. The van der Waals surface area contributed by atoms with E-state index in [1.54, 1.807) is 6.07 Å². The summed E-state index contributed by atoms with van der Waals surface area (Å²) < 4.78 is 13.2. The molecular formula is C15H22FN. The molecule has 94 valence electrons. The van der Waals surface area contributed by atoms with Gasteiger partial charge in [-0.25, -0.2) is 4.39 Å². The SMILES string of the molecule is Cc1ccc(F)cc1CC1CCCCCC1N. The smallest absolute Gasteiger partial charge is 0.123 e. The van der Waals surface area contributed by atoms with Gasteiger partial charge in [0.1, 0.15) is 5.82 Å². The maximum absolute atomic E-state index is 13.2. The number of aryl methyl sites for hydroxylation is 1. The molecule has 1 aliphatic rings. The zero-order chi connectivity index (χ0) is 12.3. The van der Waals surface area contributed by atoms with E-state index in [4.69, 9.17) is 5.73 Å². The van der Waals surface area contributed by atoms with Crippen molar-refractivity contribution in [2.45, 2.75) is 51.5 Å². The van der Waals surface area contributed by atoms with Crippen molar-refractivity contribution in [1.29, 1.82) is 0 Å². The topological polar surface area (TPSA) is 26.0 Å². The first-order valence-corrected chi connectivity index (χ1v) is 6.67. The second-order valence-corrected chi connectivity index (χ2v) is 5.34. The summed E-state index contributed by atoms with van der Waals surface area (Å²) in [5.41, 5.74) is 8.54. The Morgan fingerprint density at radius 3 is 2.82 bits per heavy atom. The van der Waals surface area contributed by atoms with Crippen molar-refractivity contribution < 1.29 is 4.39 Å². The molecule has 0 bridgehead atoms. The highest BCUT2D eigenvalue weighted by Crippen LogP contribution is 2.26. The van der Waals surface area contributed by atoms with Crippen LogP contribution >= 0.6 is 0 Å². The Morgan fingerprint density at radius 1 is 1.24 bits per heavy atom. The molecule has 1 aliphatic carbocycles. The molecule has 1 saturated carbocycles. The molecule has 0 saturated heterocycles. The lowest BCUT2D eigenvalue weighted by atomic mass is 9.87. The van der Waals surface area contributed by atoms with Crippen molar-refractivity contribution in [2.75, 3.05) is 0 Å². The molecule has 0 spiro atoms. The van der Waals surface area contributed by atoms with Gasteiger partial charge in [0.15, 0.2) is 0 Å². The Balaban J connectivity index is 2.10. The number of nitrogens with two attached hydrogens (primary N) is 1. The second kappa shape index (κ2) is 5.63. The normalized spacial score (nSPS) is 25.6. The van der Waals surface area contributed by atoms with Crippen LogP contribution in [-0.2, 0) is 6.42 Å². The van der Waals surface area contributed by atoms with Crippen molar-refractivity contribution in [3.63, 3.8) is 0 Å². The van der Waals surface area contributed by atoms with Gasteiger partial charge in [0.2, 0.25) is 0 Å². The third kappa shape index (κ3) is 3.29. The van der Waals surface area contributed by atoms with Gasteiger partial charge in [0.05, 0.1) is 0 Å². The van der Waals surface area contributed by atoms with Crippen LogP contribution < -0.4 is 5.73 Å². The summed E-state index contributed by atoms with van der Waals surface area (Å²) in [4.78, 5) is 0. The summed E-state index contributed by atoms with van der Waals surface area (Å²) in [5, 5.41) is 0. The van der Waals surface area contributed by atoms with Gasteiger partial charge in [-0.05, 0) is 55.4 Å². The zero-order valence-corrected chi connectivity index (χ0v) is 10.6. The molecule has 2 atom stereocenters. The van der Waals surface area contributed by atoms with E-state index >= 15 is 0 Å². The Labute approximate surface area is 103 Å². The van der Waals surface area contributed by atoms with Gasteiger partial charge in [0, 0.05) is 6.04 Å². The van der Waals surface area contributed by atoms with Crippen molar-refractivity contribution in [3.8, 4) is 0 Å². The summed E-state index contributed by atoms with van der Waals surface area (Å²) in [7, 11) is 0. The van der Waals surface area contributed by atoms with Crippen molar-refractivity contribution in [3.05, 3.63) is 35.1 Å². The van der Waals surface area contributed by atoms with Gasteiger partial charge in [-0.15, -0.1) is 0 Å². The maximum Gasteiger partial charge on any atom is 0.123 e. The molecule has 1 nitrogen and oxygen atoms in total. The Bertz CT molecular complexity index is 375. The highest BCUT2D eigenvalue weighted by atomic mass is 19.1. The first-order valence-electron chi connectivity index (χ1n) is 6.67. The van der Waals surface area contributed by atoms with Gasteiger partial charge in [-0.3, -0.25) is 0 Å². The third-order valence-electron chi connectivity index (χ3n) is 4.01. The van der Waals surface area contributed by atoms with Crippen LogP contribution in [0, 0.1) is 18.7 Å². The minimum atomic E-state index is -0.132. The fourth-order valence-electron chi connectivity index (χ4n) is 2.81. The van der Waals surface area contributed by atoms with Crippen molar-refractivity contribution >= 4 is 0 Å². The lowest BCUT2D eigenvalue weighted by Crippen LogP contribution is -2.30. The molecule has 2 heteroatoms. The number of hydrogen-bond acceptors (Lipinski definition) is 1. The van der Waals surface area contributed by atoms with Gasteiger partial charge >= 0.3 is 0 Å². The van der Waals surface area contributed by atoms with E-state index in [1.165, 1.54) is 37.3 Å². The first kappa shape index (κ1) is 12.6. The van der Waals surface area contributed by atoms with Crippen molar-refractivity contribution in [1.82, 2.24) is 0 Å².